The van der Waals surface area contributed by atoms with Crippen LogP contribution in [0.25, 0.3) is 0 Å². The van der Waals surface area contributed by atoms with Crippen molar-refractivity contribution in [1.29, 1.82) is 0 Å². The minimum absolute atomic E-state index is 0.164. The van der Waals surface area contributed by atoms with Gasteiger partial charge in [0.25, 0.3) is 5.91 Å². The van der Waals surface area contributed by atoms with E-state index in [0.29, 0.717) is 0 Å². The zero-order chi connectivity index (χ0) is 15.0. The van der Waals surface area contributed by atoms with Crippen molar-refractivity contribution in [2.45, 2.75) is 46.5 Å². The molecule has 1 aromatic carbocycles. The highest BCUT2D eigenvalue weighted by atomic mass is 16.2. The number of hydrogen-bond donors (Lipinski definition) is 1. The lowest BCUT2D eigenvalue weighted by Gasteiger charge is -2.23. The van der Waals surface area contributed by atoms with Crippen LogP contribution in [-0.2, 0) is 0 Å². The van der Waals surface area contributed by atoms with Crippen molar-refractivity contribution in [2.75, 3.05) is 25.5 Å². The van der Waals surface area contributed by atoms with Crippen molar-refractivity contribution >= 4 is 11.6 Å². The summed E-state index contributed by atoms with van der Waals surface area (Å²) in [7, 11) is 1.90. The largest absolute Gasteiger partial charge is 0.388 e. The molecule has 3 nitrogen and oxygen atoms in total. The molecule has 0 aliphatic carbocycles. The van der Waals surface area contributed by atoms with Gasteiger partial charge >= 0.3 is 0 Å². The van der Waals surface area contributed by atoms with E-state index in [1.807, 2.05) is 37.1 Å². The summed E-state index contributed by atoms with van der Waals surface area (Å²) >= 11 is 0. The molecule has 0 saturated heterocycles. The molecule has 0 bridgehead atoms. The van der Waals surface area contributed by atoms with E-state index in [4.69, 9.17) is 0 Å². The second kappa shape index (κ2) is 8.62. The number of hydrogen-bond acceptors (Lipinski definition) is 2. The zero-order valence-electron chi connectivity index (χ0n) is 13.3. The average Bonchev–Trinajstić information content (AvgIpc) is 2.46. The summed E-state index contributed by atoms with van der Waals surface area (Å²) in [5, 5.41) is 3.13. The Hall–Kier alpha value is -1.51. The van der Waals surface area contributed by atoms with Crippen molar-refractivity contribution in [3.8, 4) is 0 Å². The molecule has 0 spiro atoms. The van der Waals surface area contributed by atoms with Crippen LogP contribution in [0.2, 0.25) is 0 Å². The van der Waals surface area contributed by atoms with Gasteiger partial charge in [-0.25, -0.2) is 0 Å². The van der Waals surface area contributed by atoms with E-state index < -0.39 is 0 Å². The smallest absolute Gasteiger partial charge is 0.253 e. The first-order valence-electron chi connectivity index (χ1n) is 7.71. The molecule has 20 heavy (non-hydrogen) atoms. The fourth-order valence-corrected chi connectivity index (χ4v) is 2.27. The van der Waals surface area contributed by atoms with Gasteiger partial charge in [-0.1, -0.05) is 26.7 Å². The fourth-order valence-electron chi connectivity index (χ4n) is 2.27. The van der Waals surface area contributed by atoms with Gasteiger partial charge in [0.1, 0.15) is 0 Å². The van der Waals surface area contributed by atoms with Crippen molar-refractivity contribution in [2.24, 2.45) is 0 Å². The standard InChI is InChI=1S/C17H28N2O/c1-5-7-11-19(12-8-6-2)17(20)15-9-10-16(18-4)14(3)13-15/h9-10,13,18H,5-8,11-12H2,1-4H3. The Balaban J connectivity index is 2.84. The first kappa shape index (κ1) is 16.5. The first-order valence-corrected chi connectivity index (χ1v) is 7.71. The van der Waals surface area contributed by atoms with Crippen molar-refractivity contribution < 1.29 is 4.79 Å². The minimum Gasteiger partial charge on any atom is -0.388 e. The van der Waals surface area contributed by atoms with Gasteiger partial charge in [0.05, 0.1) is 0 Å². The Morgan fingerprint density at radius 1 is 1.15 bits per heavy atom. The lowest BCUT2D eigenvalue weighted by atomic mass is 10.1. The van der Waals surface area contributed by atoms with Crippen LogP contribution in [0.4, 0.5) is 5.69 Å². The highest BCUT2D eigenvalue weighted by Crippen LogP contribution is 2.17. The third-order valence-electron chi connectivity index (χ3n) is 3.59. The van der Waals surface area contributed by atoms with Crippen LogP contribution < -0.4 is 5.32 Å². The third kappa shape index (κ3) is 4.55. The minimum atomic E-state index is 0.164. The molecule has 3 heteroatoms. The number of anilines is 1. The lowest BCUT2D eigenvalue weighted by Crippen LogP contribution is -2.33. The van der Waals surface area contributed by atoms with Crippen molar-refractivity contribution in [3.05, 3.63) is 29.3 Å². The van der Waals surface area contributed by atoms with E-state index in [1.54, 1.807) is 0 Å². The predicted octanol–water partition coefficient (Wildman–Crippen LogP) is 4.08. The summed E-state index contributed by atoms with van der Waals surface area (Å²) in [6.07, 6.45) is 4.38. The third-order valence-corrected chi connectivity index (χ3v) is 3.59. The molecule has 0 fully saturated rings. The van der Waals surface area contributed by atoms with E-state index in [-0.39, 0.29) is 5.91 Å². The predicted molar refractivity (Wildman–Crippen MR) is 86.4 cm³/mol. The second-order valence-electron chi connectivity index (χ2n) is 5.28. The van der Waals surface area contributed by atoms with Gasteiger partial charge in [-0.3, -0.25) is 4.79 Å². The molecule has 1 rings (SSSR count). The summed E-state index contributed by atoms with van der Waals surface area (Å²) in [6, 6.07) is 5.89. The highest BCUT2D eigenvalue weighted by Gasteiger charge is 2.15. The number of benzene rings is 1. The van der Waals surface area contributed by atoms with Crippen molar-refractivity contribution in [1.82, 2.24) is 4.90 Å². The SMILES string of the molecule is CCCCN(CCCC)C(=O)c1ccc(NC)c(C)c1. The molecule has 0 unspecified atom stereocenters. The van der Waals surface area contributed by atoms with Crippen LogP contribution in [-0.4, -0.2) is 30.9 Å². The number of carbonyl (C=O) groups excluding carboxylic acids is 1. The van der Waals surface area contributed by atoms with E-state index in [0.717, 1.165) is 55.6 Å². The van der Waals surface area contributed by atoms with E-state index >= 15 is 0 Å². The van der Waals surface area contributed by atoms with Crippen LogP contribution >= 0.6 is 0 Å². The number of carbonyl (C=O) groups is 1. The fraction of sp³-hybridized carbons (Fsp3) is 0.588. The monoisotopic (exact) mass is 276 g/mol. The average molecular weight is 276 g/mol. The normalized spacial score (nSPS) is 10.4. The Kier molecular flexibility index (Phi) is 7.13. The van der Waals surface area contributed by atoms with E-state index in [9.17, 15) is 4.79 Å². The number of amides is 1. The van der Waals surface area contributed by atoms with Crippen LogP contribution in [0.1, 0.15) is 55.5 Å². The molecule has 1 amide bonds. The van der Waals surface area contributed by atoms with E-state index in [1.165, 1.54) is 0 Å². The van der Waals surface area contributed by atoms with Crippen LogP contribution in [0.5, 0.6) is 0 Å². The summed E-state index contributed by atoms with van der Waals surface area (Å²) in [5.41, 5.74) is 2.99. The maximum absolute atomic E-state index is 12.6. The molecule has 0 aromatic heterocycles. The molecular formula is C17H28N2O. The van der Waals surface area contributed by atoms with Crippen molar-refractivity contribution in [3.63, 3.8) is 0 Å². The molecule has 0 atom stereocenters. The summed E-state index contributed by atoms with van der Waals surface area (Å²) in [4.78, 5) is 14.6. The van der Waals surface area contributed by atoms with Gasteiger partial charge in [0.15, 0.2) is 0 Å². The summed E-state index contributed by atoms with van der Waals surface area (Å²) < 4.78 is 0. The van der Waals surface area contributed by atoms with Gasteiger partial charge in [-0.05, 0) is 43.5 Å². The number of nitrogens with zero attached hydrogens (tertiary/aromatic N) is 1. The lowest BCUT2D eigenvalue weighted by molar-refractivity contribution is 0.0751. The maximum Gasteiger partial charge on any atom is 0.253 e. The van der Waals surface area contributed by atoms with Gasteiger partial charge in [0, 0.05) is 31.4 Å². The Labute approximate surface area is 123 Å². The molecular weight excluding hydrogens is 248 g/mol. The number of unbranched alkanes of at least 4 members (excludes halogenated alkanes) is 2. The molecule has 112 valence electrons. The van der Waals surface area contributed by atoms with E-state index in [2.05, 4.69) is 19.2 Å². The quantitative estimate of drug-likeness (QED) is 0.776. The topological polar surface area (TPSA) is 32.3 Å². The van der Waals surface area contributed by atoms with Crippen LogP contribution in [0.15, 0.2) is 18.2 Å². The Morgan fingerprint density at radius 3 is 2.20 bits per heavy atom. The summed E-state index contributed by atoms with van der Waals surface area (Å²) in [5.74, 6) is 0.164. The zero-order valence-corrected chi connectivity index (χ0v) is 13.3. The number of rotatable bonds is 8. The first-order chi connectivity index (χ1) is 9.63. The maximum atomic E-state index is 12.6. The second-order valence-corrected chi connectivity index (χ2v) is 5.28. The molecule has 0 saturated carbocycles. The van der Waals surface area contributed by atoms with Gasteiger partial charge < -0.3 is 10.2 Å². The van der Waals surface area contributed by atoms with Crippen LogP contribution in [0, 0.1) is 6.92 Å². The Bertz CT molecular complexity index is 421. The number of aryl methyl sites for hydroxylation is 1. The molecule has 1 aromatic rings. The highest BCUT2D eigenvalue weighted by molar-refractivity contribution is 5.95. The molecule has 0 aliphatic heterocycles. The molecule has 0 heterocycles. The molecule has 1 N–H and O–H groups in total. The van der Waals surface area contributed by atoms with Crippen LogP contribution in [0.3, 0.4) is 0 Å². The molecule has 0 radical (unpaired) electrons. The van der Waals surface area contributed by atoms with Gasteiger partial charge in [0.2, 0.25) is 0 Å². The number of nitrogens with one attached hydrogen (secondary N) is 1. The summed E-state index contributed by atoms with van der Waals surface area (Å²) in [6.45, 7) is 8.08. The van der Waals surface area contributed by atoms with Gasteiger partial charge in [-0.15, -0.1) is 0 Å². The van der Waals surface area contributed by atoms with Gasteiger partial charge in [-0.2, -0.15) is 0 Å². The Morgan fingerprint density at radius 2 is 1.75 bits per heavy atom. The molecule has 0 aliphatic rings.